The first-order valence-electron chi connectivity index (χ1n) is 19.5. The van der Waals surface area contributed by atoms with Crippen molar-refractivity contribution in [3.63, 3.8) is 0 Å². The number of aliphatic hydroxyl groups excluding tert-OH is 6. The molecule has 6 unspecified atom stereocenters. The van der Waals surface area contributed by atoms with Gasteiger partial charge in [-0.1, -0.05) is 76.4 Å². The Morgan fingerprint density at radius 2 is 0.684 bits per heavy atom. The van der Waals surface area contributed by atoms with Gasteiger partial charge in [0.2, 0.25) is 0 Å². The van der Waals surface area contributed by atoms with Gasteiger partial charge in [0.05, 0.1) is 16.7 Å². The molecular formula is C42H57N3O12. The number of unbranched alkanes of at least 4 members (excludes halogenated alkanes) is 3. The number of benzene rings is 3. The zero-order chi connectivity index (χ0) is 41.0. The zero-order valence-corrected chi connectivity index (χ0v) is 32.9. The maximum atomic E-state index is 10.6. The summed E-state index contributed by atoms with van der Waals surface area (Å²) in [5.74, 6) is 1.41. The van der Waals surface area contributed by atoms with E-state index >= 15 is 0 Å². The fourth-order valence-electron chi connectivity index (χ4n) is 5.22. The van der Waals surface area contributed by atoms with Gasteiger partial charge >= 0.3 is 0 Å². The van der Waals surface area contributed by atoms with Crippen LogP contribution in [0, 0.1) is 0 Å². The standard InChI is InChI=1S/C42H57N3O12/c1-4-7-22-52-40(49)31(46)25-55-34-19-13-10-16-28(34)37-43-38(29-17-11-14-20-35(29)56-26-32(47)41(50)53-23-8-5-2)45-39(44-37)30-18-12-15-21-36(30)57-27-33(48)42(51)54-24-9-6-3/h10-21,31-33,40-42,46-51H,4-9,22-27H2,1-3H3. The molecule has 312 valence electrons. The molecule has 0 aliphatic carbocycles. The molecule has 0 radical (unpaired) electrons. The highest BCUT2D eigenvalue weighted by molar-refractivity contribution is 5.73. The second kappa shape index (κ2) is 24.5. The summed E-state index contributed by atoms with van der Waals surface area (Å²) < 4.78 is 34.0. The first-order valence-corrected chi connectivity index (χ1v) is 19.5. The normalized spacial score (nSPS) is 14.7. The average molecular weight is 796 g/mol. The third-order valence-electron chi connectivity index (χ3n) is 8.60. The third-order valence-corrected chi connectivity index (χ3v) is 8.60. The van der Waals surface area contributed by atoms with E-state index in [1.165, 1.54) is 0 Å². The predicted molar refractivity (Wildman–Crippen MR) is 211 cm³/mol. The summed E-state index contributed by atoms with van der Waals surface area (Å²) in [6, 6.07) is 20.7. The Balaban J connectivity index is 1.71. The summed E-state index contributed by atoms with van der Waals surface area (Å²) in [4.78, 5) is 14.5. The number of rotatable bonds is 27. The van der Waals surface area contributed by atoms with Gasteiger partial charge in [-0.05, 0) is 55.7 Å². The van der Waals surface area contributed by atoms with E-state index in [9.17, 15) is 30.6 Å². The Hall–Kier alpha value is -4.29. The summed E-state index contributed by atoms with van der Waals surface area (Å²) >= 11 is 0. The van der Waals surface area contributed by atoms with E-state index in [-0.39, 0.29) is 57.1 Å². The molecule has 57 heavy (non-hydrogen) atoms. The molecule has 0 saturated heterocycles. The predicted octanol–water partition coefficient (Wildman–Crippen LogP) is 4.50. The van der Waals surface area contributed by atoms with Crippen LogP contribution in [0.3, 0.4) is 0 Å². The summed E-state index contributed by atoms with van der Waals surface area (Å²) in [6.07, 6.45) is -3.58. The fraction of sp³-hybridized carbons (Fsp3) is 0.500. The van der Waals surface area contributed by atoms with Crippen molar-refractivity contribution in [3.05, 3.63) is 72.8 Å². The molecule has 15 nitrogen and oxygen atoms in total. The number of aromatic nitrogens is 3. The second-order valence-electron chi connectivity index (χ2n) is 13.3. The molecular weight excluding hydrogens is 738 g/mol. The molecule has 0 spiro atoms. The van der Waals surface area contributed by atoms with Crippen molar-refractivity contribution in [1.82, 2.24) is 15.0 Å². The SMILES string of the molecule is CCCCOC(O)C(O)COc1ccccc1-c1nc(-c2ccccc2OCC(O)C(O)OCCCC)nc(-c2ccccc2OCC(O)C(O)OCCCC)n1. The number of aliphatic hydroxyl groups is 6. The Kier molecular flexibility index (Phi) is 19.5. The van der Waals surface area contributed by atoms with Crippen LogP contribution < -0.4 is 14.2 Å². The van der Waals surface area contributed by atoms with Crippen molar-refractivity contribution < 1.29 is 59.1 Å². The van der Waals surface area contributed by atoms with Gasteiger partial charge < -0.3 is 59.1 Å². The molecule has 0 amide bonds. The average Bonchev–Trinajstić information content (AvgIpc) is 3.24. The molecule has 0 aliphatic heterocycles. The quantitative estimate of drug-likeness (QED) is 0.0362. The van der Waals surface area contributed by atoms with E-state index in [1.807, 2.05) is 20.8 Å². The Morgan fingerprint density at radius 3 is 0.947 bits per heavy atom. The molecule has 6 atom stereocenters. The number of ether oxygens (including phenoxy) is 6. The minimum Gasteiger partial charge on any atom is -0.490 e. The monoisotopic (exact) mass is 795 g/mol. The van der Waals surface area contributed by atoms with E-state index < -0.39 is 37.2 Å². The number of hydrogen-bond donors (Lipinski definition) is 6. The largest absolute Gasteiger partial charge is 0.490 e. The van der Waals surface area contributed by atoms with Gasteiger partial charge in [-0.3, -0.25) is 0 Å². The van der Waals surface area contributed by atoms with E-state index in [0.717, 1.165) is 38.5 Å². The fourth-order valence-corrected chi connectivity index (χ4v) is 5.22. The zero-order valence-electron chi connectivity index (χ0n) is 32.9. The molecule has 6 N–H and O–H groups in total. The Morgan fingerprint density at radius 1 is 0.421 bits per heavy atom. The highest BCUT2D eigenvalue weighted by atomic mass is 16.6. The first kappa shape index (κ1) is 45.4. The summed E-state index contributed by atoms with van der Waals surface area (Å²) in [5.41, 5.74) is 1.29. The maximum absolute atomic E-state index is 10.6. The number of hydrogen-bond acceptors (Lipinski definition) is 15. The van der Waals surface area contributed by atoms with Crippen molar-refractivity contribution in [2.75, 3.05) is 39.6 Å². The van der Waals surface area contributed by atoms with Gasteiger partial charge in [0, 0.05) is 19.8 Å². The second-order valence-corrected chi connectivity index (χ2v) is 13.3. The molecule has 4 rings (SSSR count). The molecule has 1 aromatic heterocycles. The van der Waals surface area contributed by atoms with E-state index in [4.69, 9.17) is 43.4 Å². The smallest absolute Gasteiger partial charge is 0.184 e. The van der Waals surface area contributed by atoms with Crippen molar-refractivity contribution in [3.8, 4) is 51.4 Å². The van der Waals surface area contributed by atoms with Crippen LogP contribution in [-0.4, -0.2) is 122 Å². The van der Waals surface area contributed by atoms with Gasteiger partial charge in [-0.25, -0.2) is 15.0 Å². The van der Waals surface area contributed by atoms with Gasteiger partial charge in [-0.15, -0.1) is 0 Å². The van der Waals surface area contributed by atoms with Crippen molar-refractivity contribution >= 4 is 0 Å². The number of nitrogens with zero attached hydrogens (tertiary/aromatic N) is 3. The minimum absolute atomic E-state index is 0.170. The number of para-hydroxylation sites is 3. The highest BCUT2D eigenvalue weighted by Gasteiger charge is 2.24. The Bertz CT molecular complexity index is 1540. The minimum atomic E-state index is -1.45. The van der Waals surface area contributed by atoms with Crippen LogP contribution in [-0.2, 0) is 14.2 Å². The molecule has 0 bridgehead atoms. The molecule has 4 aromatic rings. The summed E-state index contributed by atoms with van der Waals surface area (Å²) in [7, 11) is 0. The van der Waals surface area contributed by atoms with Crippen molar-refractivity contribution in [2.24, 2.45) is 0 Å². The van der Waals surface area contributed by atoms with Crippen LogP contribution in [0.25, 0.3) is 34.2 Å². The lowest BCUT2D eigenvalue weighted by Crippen LogP contribution is -2.34. The summed E-state index contributed by atoms with van der Waals surface area (Å²) in [5, 5.41) is 62.7. The van der Waals surface area contributed by atoms with E-state index in [2.05, 4.69) is 0 Å². The lowest BCUT2D eigenvalue weighted by atomic mass is 10.1. The molecule has 3 aromatic carbocycles. The molecule has 1 heterocycles. The van der Waals surface area contributed by atoms with Gasteiger partial charge in [-0.2, -0.15) is 0 Å². The molecule has 15 heteroatoms. The first-order chi connectivity index (χ1) is 27.7. The van der Waals surface area contributed by atoms with Crippen molar-refractivity contribution in [2.45, 2.75) is 96.5 Å². The molecule has 0 fully saturated rings. The van der Waals surface area contributed by atoms with Crippen LogP contribution in [0.5, 0.6) is 17.2 Å². The van der Waals surface area contributed by atoms with Crippen LogP contribution in [0.1, 0.15) is 59.3 Å². The summed E-state index contributed by atoms with van der Waals surface area (Å²) in [6.45, 7) is 5.95. The van der Waals surface area contributed by atoms with Crippen LogP contribution in [0.4, 0.5) is 0 Å². The highest BCUT2D eigenvalue weighted by Crippen LogP contribution is 2.35. The topological polar surface area (TPSA) is 215 Å². The lowest BCUT2D eigenvalue weighted by Gasteiger charge is -2.21. The lowest BCUT2D eigenvalue weighted by molar-refractivity contribution is -0.169. The Labute approximate surface area is 333 Å². The maximum Gasteiger partial charge on any atom is 0.184 e. The third kappa shape index (κ3) is 14.2. The van der Waals surface area contributed by atoms with Crippen LogP contribution >= 0.6 is 0 Å². The van der Waals surface area contributed by atoms with E-state index in [1.54, 1.807) is 72.8 Å². The van der Waals surface area contributed by atoms with Gasteiger partial charge in [0.15, 0.2) is 36.3 Å². The molecule has 0 saturated carbocycles. The van der Waals surface area contributed by atoms with Gasteiger partial charge in [0.25, 0.3) is 0 Å². The van der Waals surface area contributed by atoms with Crippen LogP contribution in [0.15, 0.2) is 72.8 Å². The molecule has 0 aliphatic rings. The van der Waals surface area contributed by atoms with Crippen LogP contribution in [0.2, 0.25) is 0 Å². The van der Waals surface area contributed by atoms with Crippen molar-refractivity contribution in [1.29, 1.82) is 0 Å². The van der Waals surface area contributed by atoms with E-state index in [0.29, 0.717) is 33.9 Å². The van der Waals surface area contributed by atoms with Gasteiger partial charge in [0.1, 0.15) is 55.4 Å².